The number of fused-ring (bicyclic) bond motifs is 2. The molecule has 0 bridgehead atoms. The highest BCUT2D eigenvalue weighted by Crippen LogP contribution is 2.23. The van der Waals surface area contributed by atoms with Gasteiger partial charge in [-0.25, -0.2) is 4.79 Å². The topological polar surface area (TPSA) is 26.3 Å². The van der Waals surface area contributed by atoms with Crippen LogP contribution in [0.1, 0.15) is 10.4 Å². The summed E-state index contributed by atoms with van der Waals surface area (Å²) in [5, 5.41) is 4.56. The average molecular weight is 236 g/mol. The van der Waals surface area contributed by atoms with E-state index in [0.29, 0.717) is 5.56 Å². The van der Waals surface area contributed by atoms with Crippen LogP contribution in [-0.2, 0) is 4.74 Å². The van der Waals surface area contributed by atoms with Crippen molar-refractivity contribution < 1.29 is 9.53 Å². The Hall–Kier alpha value is -2.35. The molecular weight excluding hydrogens is 224 g/mol. The van der Waals surface area contributed by atoms with E-state index in [0.717, 1.165) is 10.8 Å². The highest BCUT2D eigenvalue weighted by atomic mass is 16.5. The van der Waals surface area contributed by atoms with E-state index < -0.39 is 0 Å². The molecule has 0 N–H and O–H groups in total. The lowest BCUT2D eigenvalue weighted by molar-refractivity contribution is 0.0601. The molecule has 0 saturated carbocycles. The van der Waals surface area contributed by atoms with Crippen molar-refractivity contribution >= 4 is 27.5 Å². The van der Waals surface area contributed by atoms with E-state index in [-0.39, 0.29) is 5.97 Å². The fourth-order valence-electron chi connectivity index (χ4n) is 2.18. The molecule has 0 atom stereocenters. The average Bonchev–Trinajstić information content (AvgIpc) is 2.43. The third-order valence-corrected chi connectivity index (χ3v) is 3.13. The molecule has 0 amide bonds. The van der Waals surface area contributed by atoms with Crippen LogP contribution in [0.5, 0.6) is 0 Å². The summed E-state index contributed by atoms with van der Waals surface area (Å²) in [6.45, 7) is 0. The molecule has 0 unspecified atom stereocenters. The molecule has 3 aromatic carbocycles. The van der Waals surface area contributed by atoms with Crippen LogP contribution in [0.3, 0.4) is 0 Å². The predicted octanol–water partition coefficient (Wildman–Crippen LogP) is 3.78. The number of carbonyl (C=O) groups is 1. The van der Waals surface area contributed by atoms with E-state index in [2.05, 4.69) is 24.3 Å². The van der Waals surface area contributed by atoms with Crippen LogP contribution in [0.4, 0.5) is 0 Å². The summed E-state index contributed by atoms with van der Waals surface area (Å²) in [5.74, 6) is -0.301. The van der Waals surface area contributed by atoms with Gasteiger partial charge in [0.05, 0.1) is 12.7 Å². The lowest BCUT2D eigenvalue weighted by Crippen LogP contribution is -2.00. The Labute approximate surface area is 105 Å². The number of benzene rings is 3. The Balaban J connectivity index is 2.27. The van der Waals surface area contributed by atoms with E-state index in [1.165, 1.54) is 17.9 Å². The van der Waals surface area contributed by atoms with Gasteiger partial charge in [0, 0.05) is 0 Å². The molecular formula is C16H12O2. The van der Waals surface area contributed by atoms with E-state index in [1.807, 2.05) is 24.3 Å². The molecule has 0 fully saturated rings. The van der Waals surface area contributed by atoms with Crippen molar-refractivity contribution in [3.8, 4) is 0 Å². The first-order chi connectivity index (χ1) is 8.78. The molecule has 3 aromatic rings. The fourth-order valence-corrected chi connectivity index (χ4v) is 2.18. The molecule has 0 heterocycles. The van der Waals surface area contributed by atoms with Gasteiger partial charge in [-0.1, -0.05) is 30.3 Å². The maximum Gasteiger partial charge on any atom is 0.337 e. The minimum Gasteiger partial charge on any atom is -0.465 e. The first-order valence-electron chi connectivity index (χ1n) is 5.79. The Bertz CT molecular complexity index is 744. The fraction of sp³-hybridized carbons (Fsp3) is 0.0625. The molecule has 88 valence electrons. The van der Waals surface area contributed by atoms with Crippen molar-refractivity contribution in [2.45, 2.75) is 0 Å². The maximum atomic E-state index is 11.5. The van der Waals surface area contributed by atoms with Crippen LogP contribution < -0.4 is 0 Å². The molecule has 2 nitrogen and oxygen atoms in total. The molecule has 0 aliphatic rings. The van der Waals surface area contributed by atoms with Crippen molar-refractivity contribution in [1.29, 1.82) is 0 Å². The monoisotopic (exact) mass is 236 g/mol. The number of methoxy groups -OCH3 is 1. The van der Waals surface area contributed by atoms with Gasteiger partial charge < -0.3 is 4.74 Å². The van der Waals surface area contributed by atoms with Gasteiger partial charge >= 0.3 is 5.97 Å². The molecule has 0 aliphatic carbocycles. The van der Waals surface area contributed by atoms with Gasteiger partial charge in [-0.15, -0.1) is 0 Å². The van der Waals surface area contributed by atoms with Crippen LogP contribution >= 0.6 is 0 Å². The Morgan fingerprint density at radius 2 is 1.44 bits per heavy atom. The first-order valence-corrected chi connectivity index (χ1v) is 5.79. The van der Waals surface area contributed by atoms with E-state index in [9.17, 15) is 4.79 Å². The van der Waals surface area contributed by atoms with Gasteiger partial charge in [-0.05, 0) is 45.8 Å². The highest BCUT2D eigenvalue weighted by molar-refractivity contribution is 6.01. The summed E-state index contributed by atoms with van der Waals surface area (Å²) in [7, 11) is 1.40. The number of rotatable bonds is 1. The van der Waals surface area contributed by atoms with Crippen LogP contribution in [0.2, 0.25) is 0 Å². The van der Waals surface area contributed by atoms with E-state index >= 15 is 0 Å². The SMILES string of the molecule is COC(=O)c1ccc2cc3ccccc3cc2c1. The van der Waals surface area contributed by atoms with Crippen LogP contribution in [0, 0.1) is 0 Å². The summed E-state index contributed by atoms with van der Waals surface area (Å²) >= 11 is 0. The van der Waals surface area contributed by atoms with Crippen molar-refractivity contribution in [3.05, 3.63) is 60.2 Å². The van der Waals surface area contributed by atoms with Crippen molar-refractivity contribution in [3.63, 3.8) is 0 Å². The second-order valence-electron chi connectivity index (χ2n) is 4.25. The number of esters is 1. The van der Waals surface area contributed by atoms with Gasteiger partial charge in [-0.3, -0.25) is 0 Å². The summed E-state index contributed by atoms with van der Waals surface area (Å²) in [4.78, 5) is 11.5. The second kappa shape index (κ2) is 4.15. The van der Waals surface area contributed by atoms with Gasteiger partial charge in [0.2, 0.25) is 0 Å². The molecule has 2 heteroatoms. The molecule has 0 saturated heterocycles. The lowest BCUT2D eigenvalue weighted by Gasteiger charge is -2.04. The minimum atomic E-state index is -0.301. The third kappa shape index (κ3) is 1.72. The molecule has 0 radical (unpaired) electrons. The molecule has 0 spiro atoms. The molecule has 0 aromatic heterocycles. The Morgan fingerprint density at radius 3 is 2.11 bits per heavy atom. The molecule has 3 rings (SSSR count). The summed E-state index contributed by atoms with van der Waals surface area (Å²) < 4.78 is 4.73. The van der Waals surface area contributed by atoms with Gasteiger partial charge in [0.25, 0.3) is 0 Å². The van der Waals surface area contributed by atoms with Crippen molar-refractivity contribution in [2.24, 2.45) is 0 Å². The summed E-state index contributed by atoms with van der Waals surface area (Å²) in [6.07, 6.45) is 0. The van der Waals surface area contributed by atoms with E-state index in [4.69, 9.17) is 4.74 Å². The summed E-state index contributed by atoms with van der Waals surface area (Å²) in [5.41, 5.74) is 0.584. The maximum absolute atomic E-state index is 11.5. The van der Waals surface area contributed by atoms with Gasteiger partial charge in [0.1, 0.15) is 0 Å². The predicted molar refractivity (Wildman–Crippen MR) is 72.8 cm³/mol. The summed E-state index contributed by atoms with van der Waals surface area (Å²) in [6, 6.07) is 18.0. The largest absolute Gasteiger partial charge is 0.465 e. The van der Waals surface area contributed by atoms with Crippen LogP contribution in [-0.4, -0.2) is 13.1 Å². The standard InChI is InChI=1S/C16H12O2/c1-18-16(17)14-7-6-13-8-11-4-2-3-5-12(11)9-15(13)10-14/h2-10H,1H3. The number of ether oxygens (including phenoxy) is 1. The number of hydrogen-bond acceptors (Lipinski definition) is 2. The first kappa shape index (κ1) is 10.8. The number of hydrogen-bond donors (Lipinski definition) is 0. The van der Waals surface area contributed by atoms with Crippen LogP contribution in [0.15, 0.2) is 54.6 Å². The Morgan fingerprint density at radius 1 is 0.833 bits per heavy atom. The zero-order chi connectivity index (χ0) is 12.5. The lowest BCUT2D eigenvalue weighted by atomic mass is 10.0. The van der Waals surface area contributed by atoms with Gasteiger partial charge in [-0.2, -0.15) is 0 Å². The zero-order valence-electron chi connectivity index (χ0n) is 10.0. The normalized spacial score (nSPS) is 10.7. The van der Waals surface area contributed by atoms with E-state index in [1.54, 1.807) is 6.07 Å². The highest BCUT2D eigenvalue weighted by Gasteiger charge is 2.06. The molecule has 0 aliphatic heterocycles. The third-order valence-electron chi connectivity index (χ3n) is 3.13. The zero-order valence-corrected chi connectivity index (χ0v) is 10.0. The van der Waals surface area contributed by atoms with Crippen LogP contribution in [0.25, 0.3) is 21.5 Å². The van der Waals surface area contributed by atoms with Gasteiger partial charge in [0.15, 0.2) is 0 Å². The Kier molecular flexibility index (Phi) is 2.49. The van der Waals surface area contributed by atoms with Crippen molar-refractivity contribution in [2.75, 3.05) is 7.11 Å². The quantitative estimate of drug-likeness (QED) is 0.474. The van der Waals surface area contributed by atoms with Crippen molar-refractivity contribution in [1.82, 2.24) is 0 Å². The number of carbonyl (C=O) groups excluding carboxylic acids is 1. The smallest absolute Gasteiger partial charge is 0.337 e. The second-order valence-corrected chi connectivity index (χ2v) is 4.25. The molecule has 18 heavy (non-hydrogen) atoms. The minimum absolute atomic E-state index is 0.301.